The van der Waals surface area contributed by atoms with Crippen LogP contribution >= 0.6 is 0 Å². The van der Waals surface area contributed by atoms with E-state index in [4.69, 9.17) is 0 Å². The Morgan fingerprint density at radius 1 is 1.24 bits per heavy atom. The largest absolute Gasteiger partial charge is 0.336 e. The van der Waals surface area contributed by atoms with Gasteiger partial charge in [0.05, 0.1) is 17.9 Å². The Kier molecular flexibility index (Phi) is 9.25. The molecule has 0 saturated carbocycles. The SMILES string of the molecule is CCC[C@@H](N[C@H]1CCc2cc(F)cc(F)c2C1)C(=O)Nc1cn(-c2ccccc2CNCCN2CCNC2=O)cn1. The van der Waals surface area contributed by atoms with Crippen LogP contribution in [0.1, 0.15) is 42.9 Å². The van der Waals surface area contributed by atoms with Crippen LogP contribution in [0, 0.1) is 11.6 Å². The maximum atomic E-state index is 14.4. The van der Waals surface area contributed by atoms with Gasteiger partial charge in [-0.15, -0.1) is 0 Å². The number of aromatic nitrogens is 2. The van der Waals surface area contributed by atoms with E-state index >= 15 is 0 Å². The lowest BCUT2D eigenvalue weighted by atomic mass is 9.87. The second kappa shape index (κ2) is 13.2. The summed E-state index contributed by atoms with van der Waals surface area (Å²) in [5.74, 6) is -0.829. The van der Waals surface area contributed by atoms with Gasteiger partial charge in [-0.25, -0.2) is 18.6 Å². The molecular formula is C30H37F2N7O2. The number of anilines is 1. The molecule has 0 unspecified atom stereocenters. The lowest BCUT2D eigenvalue weighted by molar-refractivity contribution is -0.118. The summed E-state index contributed by atoms with van der Waals surface area (Å²) in [6.07, 6.45) is 6.56. The Labute approximate surface area is 238 Å². The Morgan fingerprint density at radius 2 is 2.10 bits per heavy atom. The average molecular weight is 566 g/mol. The number of urea groups is 1. The van der Waals surface area contributed by atoms with Gasteiger partial charge in [0, 0.05) is 44.8 Å². The topological polar surface area (TPSA) is 103 Å². The minimum absolute atomic E-state index is 0.0220. The van der Waals surface area contributed by atoms with Crippen molar-refractivity contribution in [1.82, 2.24) is 30.4 Å². The van der Waals surface area contributed by atoms with Crippen LogP contribution in [0.4, 0.5) is 19.4 Å². The zero-order chi connectivity index (χ0) is 28.8. The van der Waals surface area contributed by atoms with E-state index in [-0.39, 0.29) is 18.0 Å². The first kappa shape index (κ1) is 28.7. The number of carbonyl (C=O) groups excluding carboxylic acids is 2. The molecule has 0 radical (unpaired) electrons. The normalized spacial score (nSPS) is 17.3. The predicted octanol–water partition coefficient (Wildman–Crippen LogP) is 3.52. The molecule has 1 aliphatic heterocycles. The molecule has 3 aromatic rings. The number of rotatable bonds is 12. The van der Waals surface area contributed by atoms with Crippen LogP contribution in [0.15, 0.2) is 48.9 Å². The first-order valence-corrected chi connectivity index (χ1v) is 14.3. The number of carbonyl (C=O) groups is 2. The third-order valence-corrected chi connectivity index (χ3v) is 7.72. The van der Waals surface area contributed by atoms with Gasteiger partial charge < -0.3 is 30.7 Å². The minimum atomic E-state index is -0.554. The van der Waals surface area contributed by atoms with E-state index in [9.17, 15) is 18.4 Å². The number of hydrogen-bond donors (Lipinski definition) is 4. The van der Waals surface area contributed by atoms with Gasteiger partial charge in [-0.05, 0) is 54.5 Å². The lowest BCUT2D eigenvalue weighted by Gasteiger charge is -2.29. The van der Waals surface area contributed by atoms with Gasteiger partial charge in [0.25, 0.3) is 0 Å². The fraction of sp³-hybridized carbons (Fsp3) is 0.433. The number of imidazole rings is 1. The summed E-state index contributed by atoms with van der Waals surface area (Å²) in [6.45, 7) is 5.36. The highest BCUT2D eigenvalue weighted by molar-refractivity contribution is 5.94. The number of para-hydroxylation sites is 1. The molecule has 0 bridgehead atoms. The fourth-order valence-corrected chi connectivity index (χ4v) is 5.60. The third-order valence-electron chi connectivity index (χ3n) is 7.72. The van der Waals surface area contributed by atoms with E-state index in [1.807, 2.05) is 35.8 Å². The average Bonchev–Trinajstić information content (AvgIpc) is 3.60. The molecule has 9 nitrogen and oxygen atoms in total. The number of nitrogens with zero attached hydrogens (tertiary/aromatic N) is 3. The molecule has 1 aliphatic carbocycles. The lowest BCUT2D eigenvalue weighted by Crippen LogP contribution is -2.48. The summed E-state index contributed by atoms with van der Waals surface area (Å²) in [6, 6.07) is 9.71. The van der Waals surface area contributed by atoms with Gasteiger partial charge in [0.2, 0.25) is 5.91 Å². The van der Waals surface area contributed by atoms with Crippen molar-refractivity contribution in [3.05, 3.63) is 77.2 Å². The molecule has 1 aromatic heterocycles. The highest BCUT2D eigenvalue weighted by Gasteiger charge is 2.27. The van der Waals surface area contributed by atoms with Crippen LogP contribution < -0.4 is 21.3 Å². The van der Waals surface area contributed by atoms with E-state index in [1.165, 1.54) is 6.07 Å². The number of aryl methyl sites for hydroxylation is 1. The van der Waals surface area contributed by atoms with Crippen molar-refractivity contribution in [3.63, 3.8) is 0 Å². The first-order valence-electron chi connectivity index (χ1n) is 14.3. The van der Waals surface area contributed by atoms with Crippen LogP contribution in [0.25, 0.3) is 5.69 Å². The third kappa shape index (κ3) is 7.09. The molecule has 2 heterocycles. The molecule has 2 aliphatic rings. The number of amides is 3. The molecule has 41 heavy (non-hydrogen) atoms. The van der Waals surface area contributed by atoms with Crippen molar-refractivity contribution < 1.29 is 18.4 Å². The van der Waals surface area contributed by atoms with Crippen molar-refractivity contribution in [2.24, 2.45) is 0 Å². The molecule has 4 N–H and O–H groups in total. The summed E-state index contributed by atoms with van der Waals surface area (Å²) < 4.78 is 29.9. The molecule has 0 spiro atoms. The fourth-order valence-electron chi connectivity index (χ4n) is 5.60. The quantitative estimate of drug-likeness (QED) is 0.252. The zero-order valence-corrected chi connectivity index (χ0v) is 23.3. The van der Waals surface area contributed by atoms with Gasteiger partial charge in [0.1, 0.15) is 18.0 Å². The second-order valence-corrected chi connectivity index (χ2v) is 10.7. The van der Waals surface area contributed by atoms with E-state index < -0.39 is 17.7 Å². The number of hydrogen-bond acceptors (Lipinski definition) is 5. The first-order chi connectivity index (χ1) is 19.9. The molecule has 218 valence electrons. The van der Waals surface area contributed by atoms with Gasteiger partial charge >= 0.3 is 6.03 Å². The second-order valence-electron chi connectivity index (χ2n) is 10.7. The molecule has 11 heteroatoms. The van der Waals surface area contributed by atoms with Crippen LogP contribution in [0.3, 0.4) is 0 Å². The Balaban J connectivity index is 1.18. The predicted molar refractivity (Wildman–Crippen MR) is 153 cm³/mol. The molecule has 2 atom stereocenters. The molecule has 5 rings (SSSR count). The van der Waals surface area contributed by atoms with Crippen LogP contribution in [-0.2, 0) is 24.2 Å². The number of benzene rings is 2. The summed E-state index contributed by atoms with van der Waals surface area (Å²) in [5, 5.41) is 12.6. The van der Waals surface area contributed by atoms with Crippen LogP contribution in [-0.4, -0.2) is 64.7 Å². The van der Waals surface area contributed by atoms with E-state index in [0.717, 1.165) is 30.3 Å². The number of nitrogens with one attached hydrogen (secondary N) is 4. The van der Waals surface area contributed by atoms with E-state index in [1.54, 1.807) is 17.4 Å². The summed E-state index contributed by atoms with van der Waals surface area (Å²) in [7, 11) is 0. The maximum absolute atomic E-state index is 14.4. The Hall–Kier alpha value is -3.83. The molecule has 1 saturated heterocycles. The zero-order valence-electron chi connectivity index (χ0n) is 23.3. The van der Waals surface area contributed by atoms with Crippen molar-refractivity contribution in [2.75, 3.05) is 31.5 Å². The highest BCUT2D eigenvalue weighted by atomic mass is 19.1. The summed E-state index contributed by atoms with van der Waals surface area (Å²) in [4.78, 5) is 31.2. The monoisotopic (exact) mass is 565 g/mol. The minimum Gasteiger partial charge on any atom is -0.336 e. The molecule has 2 aromatic carbocycles. The standard InChI is InChI=1S/C30H37F2N7O2/c1-2-5-26(36-23-9-8-20-14-22(31)15-25(32)24(20)16-23)29(40)37-28-18-39(19-35-28)27-7-4-3-6-21(27)17-33-10-12-38-13-11-34-30(38)41/h3-4,6-7,14-15,18-19,23,26,33,36H,2,5,8-13,16-17H2,1H3,(H,34,41)(H,37,40)/t23-,26+/m0/s1. The Bertz CT molecular complexity index is 1380. The van der Waals surface area contributed by atoms with Gasteiger partial charge in [0.15, 0.2) is 5.82 Å². The van der Waals surface area contributed by atoms with Crippen molar-refractivity contribution in [2.45, 2.75) is 57.7 Å². The summed E-state index contributed by atoms with van der Waals surface area (Å²) in [5.41, 5.74) is 3.23. The van der Waals surface area contributed by atoms with E-state index in [2.05, 4.69) is 26.3 Å². The van der Waals surface area contributed by atoms with Gasteiger partial charge in [-0.2, -0.15) is 0 Å². The molecule has 1 fully saturated rings. The van der Waals surface area contributed by atoms with Crippen molar-refractivity contribution in [3.8, 4) is 5.69 Å². The van der Waals surface area contributed by atoms with Crippen molar-refractivity contribution >= 4 is 17.8 Å². The maximum Gasteiger partial charge on any atom is 0.317 e. The molecular weight excluding hydrogens is 528 g/mol. The van der Waals surface area contributed by atoms with Crippen LogP contribution in [0.2, 0.25) is 0 Å². The van der Waals surface area contributed by atoms with Crippen molar-refractivity contribution in [1.29, 1.82) is 0 Å². The van der Waals surface area contributed by atoms with Gasteiger partial charge in [-0.3, -0.25) is 4.79 Å². The van der Waals surface area contributed by atoms with E-state index in [0.29, 0.717) is 68.8 Å². The Morgan fingerprint density at radius 3 is 2.90 bits per heavy atom. The van der Waals surface area contributed by atoms with Gasteiger partial charge in [-0.1, -0.05) is 31.5 Å². The number of halogens is 2. The highest BCUT2D eigenvalue weighted by Crippen LogP contribution is 2.26. The number of fused-ring (bicyclic) bond motifs is 1. The molecule has 3 amide bonds. The smallest absolute Gasteiger partial charge is 0.317 e. The van der Waals surface area contributed by atoms with Crippen LogP contribution in [0.5, 0.6) is 0 Å². The summed E-state index contributed by atoms with van der Waals surface area (Å²) >= 11 is 0.